The molecule has 1 atom stereocenters. The second-order valence-corrected chi connectivity index (χ2v) is 9.36. The van der Waals surface area contributed by atoms with Gasteiger partial charge < -0.3 is 37.8 Å². The van der Waals surface area contributed by atoms with Crippen molar-refractivity contribution in [1.82, 2.24) is 30.6 Å². The zero-order valence-electron chi connectivity index (χ0n) is 22.5. The van der Waals surface area contributed by atoms with Crippen molar-refractivity contribution in [3.8, 4) is 0 Å². The van der Waals surface area contributed by atoms with Crippen LogP contribution < -0.4 is 32.7 Å². The topological polar surface area (TPSA) is 228 Å². The summed E-state index contributed by atoms with van der Waals surface area (Å²) in [5, 5.41) is 14.8. The van der Waals surface area contributed by atoms with Crippen molar-refractivity contribution >= 4 is 46.4 Å². The average Bonchev–Trinajstić information content (AvgIpc) is 2.93. The van der Waals surface area contributed by atoms with E-state index in [1.165, 1.54) is 0 Å². The van der Waals surface area contributed by atoms with Gasteiger partial charge in [0.05, 0.1) is 18.4 Å². The number of anilines is 3. The molecule has 214 valence electrons. The fraction of sp³-hybridized carbons (Fsp3) is 0.423. The predicted octanol–water partition coefficient (Wildman–Crippen LogP) is 0.819. The van der Waals surface area contributed by atoms with Gasteiger partial charge in [-0.05, 0) is 50.1 Å². The molecule has 14 heteroatoms. The molecule has 1 aromatic carbocycles. The Morgan fingerprint density at radius 1 is 1.02 bits per heavy atom. The van der Waals surface area contributed by atoms with Crippen LogP contribution in [-0.2, 0) is 16.1 Å². The lowest BCUT2D eigenvalue weighted by atomic mass is 10.1. The number of benzene rings is 1. The number of rotatable bonds is 15. The van der Waals surface area contributed by atoms with Gasteiger partial charge in [-0.15, -0.1) is 0 Å². The lowest BCUT2D eigenvalue weighted by Crippen LogP contribution is -2.41. The maximum Gasteiger partial charge on any atom is 0.326 e. The molecule has 0 saturated carbocycles. The van der Waals surface area contributed by atoms with Gasteiger partial charge in [0, 0.05) is 31.3 Å². The molecule has 0 bridgehead atoms. The van der Waals surface area contributed by atoms with Crippen LogP contribution in [0.2, 0.25) is 0 Å². The third-order valence-electron chi connectivity index (χ3n) is 6.19. The molecule has 3 rings (SSSR count). The summed E-state index contributed by atoms with van der Waals surface area (Å²) >= 11 is 0. The van der Waals surface area contributed by atoms with E-state index in [9.17, 15) is 19.5 Å². The lowest BCUT2D eigenvalue weighted by Gasteiger charge is -2.19. The largest absolute Gasteiger partial charge is 0.480 e. The number of nitrogen functional groups attached to an aromatic ring is 2. The number of nitrogens with two attached hydrogens (primary N) is 3. The number of nitrogens with zero attached hydrogens (tertiary/aromatic N) is 5. The monoisotopic (exact) mass is 552 g/mol. The maximum absolute atomic E-state index is 12.7. The first-order valence-electron chi connectivity index (χ1n) is 13.0. The minimum Gasteiger partial charge on any atom is -0.480 e. The van der Waals surface area contributed by atoms with Gasteiger partial charge in [0.2, 0.25) is 11.9 Å². The van der Waals surface area contributed by atoms with Crippen LogP contribution in [0.4, 0.5) is 17.5 Å². The van der Waals surface area contributed by atoms with E-state index >= 15 is 0 Å². The summed E-state index contributed by atoms with van der Waals surface area (Å²) in [5.74, 6) is -1.83. The molecule has 2 heterocycles. The van der Waals surface area contributed by atoms with Crippen LogP contribution in [-0.4, -0.2) is 69.0 Å². The van der Waals surface area contributed by atoms with E-state index in [0.29, 0.717) is 42.1 Å². The first kappa shape index (κ1) is 30.0. The van der Waals surface area contributed by atoms with Gasteiger partial charge in [-0.1, -0.05) is 12.8 Å². The predicted molar refractivity (Wildman–Crippen MR) is 151 cm³/mol. The number of nitrogens with one attached hydrogen (secondary N) is 2. The van der Waals surface area contributed by atoms with E-state index in [0.717, 1.165) is 31.4 Å². The number of hydrogen-bond acceptors (Lipinski definition) is 11. The normalized spacial score (nSPS) is 11.7. The molecule has 0 spiro atoms. The number of hydrogen-bond donors (Lipinski definition) is 6. The molecular weight excluding hydrogens is 516 g/mol. The van der Waals surface area contributed by atoms with E-state index in [1.54, 1.807) is 30.5 Å². The van der Waals surface area contributed by atoms with E-state index in [4.69, 9.17) is 17.2 Å². The standard InChI is InChI=1S/C26H36N10O4/c1-36(15-17-14-31-23-21(32-17)22(28)34-26(29)35-23)18-8-6-16(7-9-18)24(38)33-19(25(39)40)10-11-20(37)30-13-5-3-2-4-12-27/h6-9,14,19H,2-5,10-13,15,27H2,1H3,(H,30,37)(H,33,38)(H,39,40)(H4,28,29,31,34,35)/t19-/m0/s1. The Bertz CT molecular complexity index is 1320. The van der Waals surface area contributed by atoms with Gasteiger partial charge in [0.1, 0.15) is 6.04 Å². The van der Waals surface area contributed by atoms with E-state index in [-0.39, 0.29) is 30.5 Å². The highest BCUT2D eigenvalue weighted by atomic mass is 16.4. The molecule has 0 aliphatic carbocycles. The molecule has 0 aliphatic heterocycles. The van der Waals surface area contributed by atoms with Crippen LogP contribution in [0.5, 0.6) is 0 Å². The van der Waals surface area contributed by atoms with Crippen LogP contribution in [0.15, 0.2) is 30.5 Å². The number of carboxylic acid groups (broad SMARTS) is 1. The molecule has 0 fully saturated rings. The molecule has 0 radical (unpaired) electrons. The van der Waals surface area contributed by atoms with Crippen LogP contribution >= 0.6 is 0 Å². The molecule has 0 unspecified atom stereocenters. The highest BCUT2D eigenvalue weighted by Gasteiger charge is 2.22. The van der Waals surface area contributed by atoms with Gasteiger partial charge in [-0.3, -0.25) is 9.59 Å². The summed E-state index contributed by atoms with van der Waals surface area (Å²) in [6, 6.07) is 5.47. The Balaban J connectivity index is 1.51. The van der Waals surface area contributed by atoms with Crippen molar-refractivity contribution in [3.05, 3.63) is 41.7 Å². The molecule has 14 nitrogen and oxygen atoms in total. The molecule has 0 aliphatic rings. The summed E-state index contributed by atoms with van der Waals surface area (Å²) in [7, 11) is 1.84. The van der Waals surface area contributed by atoms with Gasteiger partial charge >= 0.3 is 5.97 Å². The number of carbonyl (C=O) groups is 3. The van der Waals surface area contributed by atoms with Crippen molar-refractivity contribution in [2.45, 2.75) is 51.1 Å². The Kier molecular flexibility index (Phi) is 10.9. The number of amides is 2. The fourth-order valence-corrected chi connectivity index (χ4v) is 3.97. The van der Waals surface area contributed by atoms with Crippen LogP contribution in [0.1, 0.15) is 54.6 Å². The van der Waals surface area contributed by atoms with Crippen molar-refractivity contribution < 1.29 is 19.5 Å². The highest BCUT2D eigenvalue weighted by molar-refractivity contribution is 5.97. The minimum atomic E-state index is -1.20. The summed E-state index contributed by atoms with van der Waals surface area (Å²) in [4.78, 5) is 55.0. The van der Waals surface area contributed by atoms with E-state index < -0.39 is 17.9 Å². The second kappa shape index (κ2) is 14.5. The van der Waals surface area contributed by atoms with Crippen molar-refractivity contribution in [2.75, 3.05) is 36.5 Å². The number of aliphatic carboxylic acids is 1. The molecular formula is C26H36N10O4. The summed E-state index contributed by atoms with van der Waals surface area (Å²) in [5.41, 5.74) is 19.3. The van der Waals surface area contributed by atoms with Gasteiger partial charge in [-0.2, -0.15) is 9.97 Å². The number of unbranched alkanes of at least 4 members (excludes halogenated alkanes) is 3. The average molecular weight is 553 g/mol. The number of carbonyl (C=O) groups excluding carboxylic acids is 2. The first-order valence-corrected chi connectivity index (χ1v) is 13.0. The Morgan fingerprint density at radius 3 is 2.45 bits per heavy atom. The zero-order valence-corrected chi connectivity index (χ0v) is 22.5. The zero-order chi connectivity index (χ0) is 29.1. The Hall–Kier alpha value is -4.59. The smallest absolute Gasteiger partial charge is 0.326 e. The van der Waals surface area contributed by atoms with Gasteiger partial charge in [-0.25, -0.2) is 14.8 Å². The van der Waals surface area contributed by atoms with E-state index in [1.807, 2.05) is 11.9 Å². The third kappa shape index (κ3) is 8.73. The van der Waals surface area contributed by atoms with Gasteiger partial charge in [0.25, 0.3) is 5.91 Å². The second-order valence-electron chi connectivity index (χ2n) is 9.36. The van der Waals surface area contributed by atoms with Crippen molar-refractivity contribution in [3.63, 3.8) is 0 Å². The Labute approximate surface area is 231 Å². The highest BCUT2D eigenvalue weighted by Crippen LogP contribution is 2.19. The van der Waals surface area contributed by atoms with E-state index in [2.05, 4.69) is 30.6 Å². The maximum atomic E-state index is 12.7. The van der Waals surface area contributed by atoms with Crippen LogP contribution in [0, 0.1) is 0 Å². The van der Waals surface area contributed by atoms with Crippen LogP contribution in [0.25, 0.3) is 11.2 Å². The summed E-state index contributed by atoms with van der Waals surface area (Å²) < 4.78 is 0. The van der Waals surface area contributed by atoms with Crippen LogP contribution in [0.3, 0.4) is 0 Å². The molecule has 2 amide bonds. The van der Waals surface area contributed by atoms with Crippen molar-refractivity contribution in [1.29, 1.82) is 0 Å². The first-order chi connectivity index (χ1) is 19.2. The number of fused-ring (bicyclic) bond motifs is 1. The molecule has 3 aromatic rings. The summed E-state index contributed by atoms with van der Waals surface area (Å²) in [6.45, 7) is 1.57. The van der Waals surface area contributed by atoms with Crippen molar-refractivity contribution in [2.24, 2.45) is 5.73 Å². The molecule has 40 heavy (non-hydrogen) atoms. The minimum absolute atomic E-state index is 0.00734. The summed E-state index contributed by atoms with van der Waals surface area (Å²) in [6.07, 6.45) is 5.32. The Morgan fingerprint density at radius 2 is 1.75 bits per heavy atom. The number of aromatic nitrogens is 4. The lowest BCUT2D eigenvalue weighted by molar-refractivity contribution is -0.139. The number of carboxylic acids is 1. The molecule has 0 saturated heterocycles. The fourth-order valence-electron chi connectivity index (χ4n) is 3.97. The SMILES string of the molecule is CN(Cc1cnc2nc(N)nc(N)c2n1)c1ccc(C(=O)N[C@@H](CCC(=O)NCCCCCCN)C(=O)O)cc1. The third-order valence-corrected chi connectivity index (χ3v) is 6.19. The molecule has 2 aromatic heterocycles. The quantitative estimate of drug-likeness (QED) is 0.144. The molecule has 9 N–H and O–H groups in total. The van der Waals surface area contributed by atoms with Gasteiger partial charge in [0.15, 0.2) is 17.0 Å².